The van der Waals surface area contributed by atoms with E-state index < -0.39 is 13.0 Å². The molecule has 1 amide bonds. The summed E-state index contributed by atoms with van der Waals surface area (Å²) in [5, 5.41) is 8.06. The summed E-state index contributed by atoms with van der Waals surface area (Å²) in [5.41, 5.74) is 4.82. The molecule has 22 heavy (non-hydrogen) atoms. The Morgan fingerprint density at radius 2 is 1.73 bits per heavy atom. The lowest BCUT2D eigenvalue weighted by molar-refractivity contribution is -0.154. The minimum Gasteiger partial charge on any atom is -0.394 e. The van der Waals surface area contributed by atoms with Gasteiger partial charge in [0.15, 0.2) is 0 Å². The molecule has 8 heteroatoms. The molecule has 0 aromatic heterocycles. The van der Waals surface area contributed by atoms with Crippen LogP contribution in [0.15, 0.2) is 0 Å². The molecule has 7 nitrogen and oxygen atoms in total. The molecule has 0 saturated carbocycles. The fourth-order valence-corrected chi connectivity index (χ4v) is 3.07. The fourth-order valence-electron chi connectivity index (χ4n) is 2.10. The number of nitrogens with zero attached hydrogens (tertiary/aromatic N) is 2. The molecule has 132 valence electrons. The summed E-state index contributed by atoms with van der Waals surface area (Å²) in [6.07, 6.45) is -0.167. The Morgan fingerprint density at radius 1 is 1.32 bits per heavy atom. The van der Waals surface area contributed by atoms with Crippen molar-refractivity contribution < 1.29 is 19.2 Å². The molecule has 0 radical (unpaired) electrons. The second-order valence-corrected chi connectivity index (χ2v) is 8.68. The van der Waals surface area contributed by atoms with Crippen molar-refractivity contribution in [2.45, 2.75) is 46.3 Å². The molecule has 1 unspecified atom stereocenters. The van der Waals surface area contributed by atoms with Crippen LogP contribution in [0.3, 0.4) is 0 Å². The number of aliphatic hydroxyl groups excluding tert-OH is 1. The molecule has 0 bridgehead atoms. The normalized spacial score (nSPS) is 19.4. The number of nitrogens with two attached hydrogens (primary N) is 1. The standard InChI is InChI=1S/C11H24N3O3P.C3H8O/c1-5-17-11(2,3)10(15)13-6-8-14(9-7-13)18(4,12)16;1-3(2)4/h5-9H2,1-4H3,(H2,12,16);3-4H,1-2H3. The molecule has 1 saturated heterocycles. The quantitative estimate of drug-likeness (QED) is 0.746. The van der Waals surface area contributed by atoms with Crippen LogP contribution in [-0.4, -0.2) is 71.7 Å². The van der Waals surface area contributed by atoms with E-state index >= 15 is 0 Å². The summed E-state index contributed by atoms with van der Waals surface area (Å²) < 4.78 is 18.9. The predicted molar refractivity (Wildman–Crippen MR) is 88.9 cm³/mol. The summed E-state index contributed by atoms with van der Waals surface area (Å²) in [5.74, 6) is -0.0213. The highest BCUT2D eigenvalue weighted by molar-refractivity contribution is 7.58. The second kappa shape index (κ2) is 8.99. The molecule has 0 aromatic carbocycles. The summed E-state index contributed by atoms with van der Waals surface area (Å²) in [6, 6.07) is 0. The summed E-state index contributed by atoms with van der Waals surface area (Å²) >= 11 is 0. The van der Waals surface area contributed by atoms with Crippen LogP contribution in [0.2, 0.25) is 0 Å². The average Bonchev–Trinajstić information content (AvgIpc) is 2.36. The predicted octanol–water partition coefficient (Wildman–Crippen LogP) is 1.11. The number of aliphatic hydroxyl groups is 1. The van der Waals surface area contributed by atoms with E-state index in [9.17, 15) is 9.36 Å². The summed E-state index contributed by atoms with van der Waals surface area (Å²) in [4.78, 5) is 14.0. The Bertz CT molecular complexity index is 385. The van der Waals surface area contributed by atoms with Crippen molar-refractivity contribution in [3.8, 4) is 0 Å². The van der Waals surface area contributed by atoms with Crippen LogP contribution in [0.5, 0.6) is 0 Å². The maximum atomic E-state index is 12.2. The fraction of sp³-hybridized carbons (Fsp3) is 0.929. The highest BCUT2D eigenvalue weighted by Crippen LogP contribution is 2.36. The first-order chi connectivity index (χ1) is 9.91. The molecule has 0 aliphatic carbocycles. The first kappa shape index (κ1) is 21.5. The van der Waals surface area contributed by atoms with Gasteiger partial charge in [0.25, 0.3) is 5.91 Å². The number of hydrogen-bond acceptors (Lipinski definition) is 4. The van der Waals surface area contributed by atoms with Crippen LogP contribution >= 0.6 is 7.44 Å². The number of ether oxygens (including phenoxy) is 1. The van der Waals surface area contributed by atoms with Crippen molar-refractivity contribution in [1.82, 2.24) is 9.57 Å². The van der Waals surface area contributed by atoms with E-state index in [1.165, 1.54) is 0 Å². The zero-order chi connectivity index (χ0) is 17.6. The molecule has 1 rings (SSSR count). The van der Waals surface area contributed by atoms with Gasteiger partial charge in [0.05, 0.1) is 0 Å². The molecule has 0 spiro atoms. The summed E-state index contributed by atoms with van der Waals surface area (Å²) in [6.45, 7) is 13.1. The van der Waals surface area contributed by atoms with Crippen LogP contribution < -0.4 is 5.50 Å². The van der Waals surface area contributed by atoms with Crippen LogP contribution in [0.4, 0.5) is 0 Å². The molecule has 0 aromatic rings. The van der Waals surface area contributed by atoms with Gasteiger partial charge in [-0.3, -0.25) is 14.9 Å². The van der Waals surface area contributed by atoms with Gasteiger partial charge in [0.2, 0.25) is 7.44 Å². The van der Waals surface area contributed by atoms with Crippen LogP contribution in [-0.2, 0) is 14.1 Å². The van der Waals surface area contributed by atoms with Crippen LogP contribution in [0, 0.1) is 0 Å². The molecule has 1 heterocycles. The highest BCUT2D eigenvalue weighted by atomic mass is 31.2. The van der Waals surface area contributed by atoms with Crippen molar-refractivity contribution in [3.05, 3.63) is 0 Å². The van der Waals surface area contributed by atoms with Gasteiger partial charge in [-0.2, -0.15) is 0 Å². The maximum Gasteiger partial charge on any atom is 0.254 e. The van der Waals surface area contributed by atoms with E-state index in [1.807, 2.05) is 6.92 Å². The summed E-state index contributed by atoms with van der Waals surface area (Å²) in [7, 11) is -2.69. The van der Waals surface area contributed by atoms with Crippen molar-refractivity contribution in [2.75, 3.05) is 39.5 Å². The molecule has 3 N–H and O–H groups in total. The number of carbonyl (C=O) groups excluding carboxylic acids is 1. The minimum absolute atomic E-state index is 0.0213. The van der Waals surface area contributed by atoms with Crippen molar-refractivity contribution in [2.24, 2.45) is 5.50 Å². The number of rotatable bonds is 4. The third-order valence-corrected chi connectivity index (χ3v) is 4.65. The molecule has 1 atom stereocenters. The van der Waals surface area contributed by atoms with Crippen molar-refractivity contribution >= 4 is 13.4 Å². The smallest absolute Gasteiger partial charge is 0.254 e. The Labute approximate surface area is 134 Å². The van der Waals surface area contributed by atoms with E-state index in [0.29, 0.717) is 32.8 Å². The van der Waals surface area contributed by atoms with E-state index in [1.54, 1.807) is 43.9 Å². The third-order valence-electron chi connectivity index (χ3n) is 3.13. The van der Waals surface area contributed by atoms with Crippen LogP contribution in [0.1, 0.15) is 34.6 Å². The highest BCUT2D eigenvalue weighted by Gasteiger charge is 2.35. The van der Waals surface area contributed by atoms with E-state index in [0.717, 1.165) is 0 Å². The largest absolute Gasteiger partial charge is 0.394 e. The number of amides is 1. The Morgan fingerprint density at radius 3 is 2.05 bits per heavy atom. The lowest BCUT2D eigenvalue weighted by Gasteiger charge is -2.39. The Balaban J connectivity index is 0.000000980. The van der Waals surface area contributed by atoms with Gasteiger partial charge < -0.3 is 14.7 Å². The number of carbonyl (C=O) groups is 1. The lowest BCUT2D eigenvalue weighted by Crippen LogP contribution is -2.54. The topological polar surface area (TPSA) is 96.1 Å². The van der Waals surface area contributed by atoms with Gasteiger partial charge in [-0.15, -0.1) is 0 Å². The maximum absolute atomic E-state index is 12.2. The monoisotopic (exact) mass is 337 g/mol. The van der Waals surface area contributed by atoms with Gasteiger partial charge in [-0.05, 0) is 34.6 Å². The first-order valence-electron chi connectivity index (χ1n) is 7.64. The SMILES string of the molecule is CC(C)O.CCOC(C)(C)C(=O)N1CCN(P(C)(N)=O)CC1. The van der Waals surface area contributed by atoms with Crippen molar-refractivity contribution in [1.29, 1.82) is 0 Å². The molecule has 1 aliphatic rings. The van der Waals surface area contributed by atoms with E-state index in [2.05, 4.69) is 0 Å². The minimum atomic E-state index is -2.69. The van der Waals surface area contributed by atoms with E-state index in [-0.39, 0.29) is 12.0 Å². The third kappa shape index (κ3) is 7.70. The molecular weight excluding hydrogens is 305 g/mol. The Kier molecular flexibility index (Phi) is 8.80. The molecule has 1 fully saturated rings. The first-order valence-corrected chi connectivity index (χ1v) is 9.82. The molecule has 1 aliphatic heterocycles. The van der Waals surface area contributed by atoms with Crippen molar-refractivity contribution in [3.63, 3.8) is 0 Å². The van der Waals surface area contributed by atoms with Crippen LogP contribution in [0.25, 0.3) is 0 Å². The molecular formula is C14H32N3O4P. The van der Waals surface area contributed by atoms with Gasteiger partial charge >= 0.3 is 0 Å². The second-order valence-electron chi connectivity index (χ2n) is 6.23. The van der Waals surface area contributed by atoms with E-state index in [4.69, 9.17) is 15.3 Å². The van der Waals surface area contributed by atoms with Gasteiger partial charge in [-0.1, -0.05) is 0 Å². The van der Waals surface area contributed by atoms with Gasteiger partial charge in [0.1, 0.15) is 5.60 Å². The average molecular weight is 337 g/mol. The number of piperazine rings is 1. The zero-order valence-electron chi connectivity index (χ0n) is 14.7. The number of hydrogen-bond donors (Lipinski definition) is 2. The zero-order valence-corrected chi connectivity index (χ0v) is 15.6. The lowest BCUT2D eigenvalue weighted by atomic mass is 10.1. The van der Waals surface area contributed by atoms with Gasteiger partial charge in [-0.25, -0.2) is 4.67 Å². The van der Waals surface area contributed by atoms with Gasteiger partial charge in [0, 0.05) is 45.6 Å². The Hall–Kier alpha value is -0.460.